The van der Waals surface area contributed by atoms with E-state index in [1.54, 1.807) is 0 Å². The number of aliphatic hydroxyl groups is 1. The maximum Gasteiger partial charge on any atom is 0.124 e. The average Bonchev–Trinajstić information content (AvgIpc) is 3.10. The van der Waals surface area contributed by atoms with Crippen LogP contribution in [0.25, 0.3) is 21.7 Å². The molecule has 0 aliphatic rings. The quantitative estimate of drug-likeness (QED) is 0.546. The molecule has 3 aromatic rings. The van der Waals surface area contributed by atoms with E-state index in [9.17, 15) is 0 Å². The summed E-state index contributed by atoms with van der Waals surface area (Å²) in [5.41, 5.74) is 6.00. The second kappa shape index (κ2) is 9.16. The van der Waals surface area contributed by atoms with E-state index in [0.29, 0.717) is 6.61 Å². The van der Waals surface area contributed by atoms with Crippen LogP contribution in [0.5, 0.6) is 5.75 Å². The molecule has 0 fully saturated rings. The maximum atomic E-state index is 8.97. The van der Waals surface area contributed by atoms with Crippen molar-refractivity contribution in [3.8, 4) is 27.4 Å². The van der Waals surface area contributed by atoms with Gasteiger partial charge in [0.25, 0.3) is 0 Å². The molecular weight excluding hydrogens is 354 g/mol. The van der Waals surface area contributed by atoms with Gasteiger partial charge in [-0.2, -0.15) is 0 Å². The van der Waals surface area contributed by atoms with Gasteiger partial charge >= 0.3 is 0 Å². The van der Waals surface area contributed by atoms with E-state index in [2.05, 4.69) is 45.0 Å². The summed E-state index contributed by atoms with van der Waals surface area (Å²) < 4.78 is 5.57. The van der Waals surface area contributed by atoms with Crippen LogP contribution in [-0.4, -0.2) is 23.3 Å². The van der Waals surface area contributed by atoms with Gasteiger partial charge in [0.05, 0.1) is 12.3 Å². The van der Waals surface area contributed by atoms with Gasteiger partial charge in [0.15, 0.2) is 0 Å². The molecule has 0 atom stereocenters. The molecule has 3 rings (SSSR count). The van der Waals surface area contributed by atoms with Gasteiger partial charge in [0.2, 0.25) is 0 Å². The smallest absolute Gasteiger partial charge is 0.124 e. The third-order valence-corrected chi connectivity index (χ3v) is 5.93. The number of ether oxygens (including phenoxy) is 1. The number of hydrogen-bond donors (Lipinski definition) is 1. The predicted octanol–water partition coefficient (Wildman–Crippen LogP) is 5.67. The van der Waals surface area contributed by atoms with Gasteiger partial charge in [-0.05, 0) is 48.6 Å². The lowest BCUT2D eigenvalue weighted by atomic mass is 9.96. The summed E-state index contributed by atoms with van der Waals surface area (Å²) in [5, 5.41) is 10.1. The zero-order valence-corrected chi connectivity index (χ0v) is 17.1. The Hall–Kier alpha value is -2.17. The number of rotatable bonds is 8. The molecular formula is C23H27NO2S. The molecule has 1 heterocycles. The molecule has 0 unspecified atom stereocenters. The first-order chi connectivity index (χ1) is 13.2. The van der Waals surface area contributed by atoms with Gasteiger partial charge in [-0.3, -0.25) is 0 Å². The first-order valence-electron chi connectivity index (χ1n) is 9.60. The number of hydrogen-bond acceptors (Lipinski definition) is 4. The number of aliphatic hydroxyl groups excluding tert-OH is 1. The molecule has 3 nitrogen and oxygen atoms in total. The van der Waals surface area contributed by atoms with Gasteiger partial charge in [0, 0.05) is 10.4 Å². The molecule has 4 heteroatoms. The van der Waals surface area contributed by atoms with Gasteiger partial charge in [0.1, 0.15) is 17.4 Å². The third-order valence-electron chi connectivity index (χ3n) is 4.66. The molecule has 0 spiro atoms. The summed E-state index contributed by atoms with van der Waals surface area (Å²) in [7, 11) is 0. The van der Waals surface area contributed by atoms with E-state index in [-0.39, 0.29) is 6.61 Å². The number of thiazole rings is 1. The number of aromatic nitrogens is 1. The fourth-order valence-electron chi connectivity index (χ4n) is 3.30. The first-order valence-corrected chi connectivity index (χ1v) is 10.4. The molecule has 1 aromatic heterocycles. The van der Waals surface area contributed by atoms with Crippen LogP contribution in [0, 0.1) is 6.92 Å². The fourth-order valence-corrected chi connectivity index (χ4v) is 4.43. The lowest BCUT2D eigenvalue weighted by molar-refractivity contribution is 0.201. The normalized spacial score (nSPS) is 11.0. The van der Waals surface area contributed by atoms with Crippen LogP contribution >= 0.6 is 11.3 Å². The van der Waals surface area contributed by atoms with E-state index in [1.165, 1.54) is 27.3 Å². The van der Waals surface area contributed by atoms with Crippen LogP contribution in [0.4, 0.5) is 0 Å². The number of benzene rings is 2. The average molecular weight is 382 g/mol. The second-order valence-electron chi connectivity index (χ2n) is 6.57. The minimum atomic E-state index is 0.0165. The molecule has 0 bridgehead atoms. The monoisotopic (exact) mass is 381 g/mol. The summed E-state index contributed by atoms with van der Waals surface area (Å²) in [6, 6.07) is 14.5. The van der Waals surface area contributed by atoms with Crippen molar-refractivity contribution in [1.29, 1.82) is 0 Å². The fraction of sp³-hybridized carbons (Fsp3) is 0.348. The SMILES string of the molecule is CCCc1nc(-c2cccc(-c3cccc(OCCO)c3)c2C)sc1CC. The summed E-state index contributed by atoms with van der Waals surface area (Å²) >= 11 is 1.82. The largest absolute Gasteiger partial charge is 0.491 e. The molecule has 27 heavy (non-hydrogen) atoms. The van der Waals surface area contributed by atoms with Gasteiger partial charge < -0.3 is 9.84 Å². The van der Waals surface area contributed by atoms with Gasteiger partial charge in [-0.15, -0.1) is 11.3 Å². The van der Waals surface area contributed by atoms with Crippen molar-refractivity contribution in [1.82, 2.24) is 4.98 Å². The Morgan fingerprint density at radius 1 is 1.07 bits per heavy atom. The van der Waals surface area contributed by atoms with E-state index in [4.69, 9.17) is 14.8 Å². The molecule has 0 saturated heterocycles. The van der Waals surface area contributed by atoms with Crippen molar-refractivity contribution in [2.75, 3.05) is 13.2 Å². The van der Waals surface area contributed by atoms with Crippen LogP contribution in [0.1, 0.15) is 36.4 Å². The highest BCUT2D eigenvalue weighted by molar-refractivity contribution is 7.15. The molecule has 0 aliphatic carbocycles. The highest BCUT2D eigenvalue weighted by atomic mass is 32.1. The molecule has 0 aliphatic heterocycles. The van der Waals surface area contributed by atoms with Gasteiger partial charge in [-0.25, -0.2) is 4.98 Å². The Kier molecular flexibility index (Phi) is 6.64. The molecule has 2 aromatic carbocycles. The highest BCUT2D eigenvalue weighted by Crippen LogP contribution is 2.36. The Labute approximate surface area is 165 Å². The van der Waals surface area contributed by atoms with Crippen LogP contribution < -0.4 is 4.74 Å². The van der Waals surface area contributed by atoms with E-state index in [0.717, 1.165) is 35.6 Å². The van der Waals surface area contributed by atoms with Crippen molar-refractivity contribution in [2.45, 2.75) is 40.0 Å². The molecule has 0 amide bonds. The van der Waals surface area contributed by atoms with E-state index in [1.807, 2.05) is 29.5 Å². The summed E-state index contributed by atoms with van der Waals surface area (Å²) in [6.45, 7) is 6.90. The van der Waals surface area contributed by atoms with Crippen LogP contribution in [-0.2, 0) is 12.8 Å². The lowest BCUT2D eigenvalue weighted by Gasteiger charge is -2.12. The third kappa shape index (κ3) is 4.40. The number of nitrogens with zero attached hydrogens (tertiary/aromatic N) is 1. The Morgan fingerprint density at radius 2 is 1.85 bits per heavy atom. The molecule has 142 valence electrons. The van der Waals surface area contributed by atoms with Crippen molar-refractivity contribution >= 4 is 11.3 Å². The first kappa shape index (κ1) is 19.6. The molecule has 0 radical (unpaired) electrons. The van der Waals surface area contributed by atoms with Crippen molar-refractivity contribution in [3.63, 3.8) is 0 Å². The van der Waals surface area contributed by atoms with Crippen LogP contribution in [0.3, 0.4) is 0 Å². The summed E-state index contributed by atoms with van der Waals surface area (Å²) in [6.07, 6.45) is 3.20. The topological polar surface area (TPSA) is 42.4 Å². The van der Waals surface area contributed by atoms with Crippen molar-refractivity contribution in [3.05, 3.63) is 58.6 Å². The van der Waals surface area contributed by atoms with Crippen LogP contribution in [0.2, 0.25) is 0 Å². The minimum Gasteiger partial charge on any atom is -0.491 e. The zero-order chi connectivity index (χ0) is 19.2. The Balaban J connectivity index is 2.00. The van der Waals surface area contributed by atoms with Gasteiger partial charge in [-0.1, -0.05) is 50.6 Å². The standard InChI is InChI=1S/C23H27NO2S/c1-4-8-21-22(5-2)27-23(24-21)20-12-7-11-19(16(20)3)17-9-6-10-18(15-17)26-14-13-25/h6-7,9-12,15,25H,4-5,8,13-14H2,1-3H3. The van der Waals surface area contributed by atoms with E-state index < -0.39 is 0 Å². The molecule has 0 saturated carbocycles. The lowest BCUT2D eigenvalue weighted by Crippen LogP contribution is -2.01. The van der Waals surface area contributed by atoms with Crippen LogP contribution in [0.15, 0.2) is 42.5 Å². The predicted molar refractivity (Wildman–Crippen MR) is 114 cm³/mol. The summed E-state index contributed by atoms with van der Waals surface area (Å²) in [5.74, 6) is 0.777. The van der Waals surface area contributed by atoms with Crippen molar-refractivity contribution < 1.29 is 9.84 Å². The zero-order valence-electron chi connectivity index (χ0n) is 16.3. The molecule has 1 N–H and O–H groups in total. The minimum absolute atomic E-state index is 0.0165. The van der Waals surface area contributed by atoms with E-state index >= 15 is 0 Å². The Bertz CT molecular complexity index is 901. The Morgan fingerprint density at radius 3 is 2.59 bits per heavy atom. The second-order valence-corrected chi connectivity index (χ2v) is 7.65. The maximum absolute atomic E-state index is 8.97. The number of aryl methyl sites for hydroxylation is 2. The summed E-state index contributed by atoms with van der Waals surface area (Å²) in [4.78, 5) is 6.36. The van der Waals surface area contributed by atoms with Crippen molar-refractivity contribution in [2.24, 2.45) is 0 Å². The highest BCUT2D eigenvalue weighted by Gasteiger charge is 2.15.